The van der Waals surface area contributed by atoms with Gasteiger partial charge in [0.15, 0.2) is 0 Å². The number of phenolic OH excluding ortho intramolecular Hbond substituents is 1. The lowest BCUT2D eigenvalue weighted by Crippen LogP contribution is -2.48. The number of phenols is 1. The van der Waals surface area contributed by atoms with Crippen LogP contribution in [-0.2, 0) is 81.1 Å². The van der Waals surface area contributed by atoms with E-state index in [4.69, 9.17) is 28.7 Å². The Morgan fingerprint density at radius 2 is 1.77 bits per heavy atom. The molecule has 390 valence electrons. The molecule has 4 N–H and O–H groups in total. The van der Waals surface area contributed by atoms with Gasteiger partial charge in [-0.25, -0.2) is 28.8 Å². The van der Waals surface area contributed by atoms with E-state index in [9.17, 15) is 43.5 Å². The molecule has 1 aliphatic carbocycles. The van der Waals surface area contributed by atoms with E-state index in [-0.39, 0.29) is 111 Å². The molecule has 1 aromatic carbocycles. The van der Waals surface area contributed by atoms with Crippen molar-refractivity contribution in [1.29, 1.82) is 0 Å². The van der Waals surface area contributed by atoms with Crippen molar-refractivity contribution in [2.45, 2.75) is 117 Å². The Morgan fingerprint density at radius 3 is 2.48 bits per heavy atom. The van der Waals surface area contributed by atoms with Gasteiger partial charge in [0.05, 0.1) is 67.6 Å². The standard InChI is InChI=1S/C50H61N9O14/c1-6-33-34-19-32(60)12-13-38(34)53-42-35(33)24-58-40(42)20-37-36(45(58)64)25-70-46(65)50(37,7-2)73-49(68)71-26-39(27(3)4)54-48(67)72-47(66)51-14-16-69-17-15-57-23-31(55-56-57)21-52-43(62)30-10-8-29(9-11-30)22-59-41(61)18-28(5)44(59)63/h12-13,19-20,23,27-30,39,60H,6-11,14-18,21-22,24-26H2,1-5H3,(H,51,66)(H,52,62)(H,54,67). The highest BCUT2D eigenvalue weighted by molar-refractivity contribution is 6.03. The number of imide groups is 1. The number of hydrogen-bond donors (Lipinski definition) is 4. The van der Waals surface area contributed by atoms with Crippen LogP contribution in [0.15, 0.2) is 35.3 Å². The van der Waals surface area contributed by atoms with Gasteiger partial charge in [-0.2, -0.15) is 0 Å². The van der Waals surface area contributed by atoms with Crippen molar-refractivity contribution in [3.05, 3.63) is 68.8 Å². The van der Waals surface area contributed by atoms with Crippen molar-refractivity contribution in [3.8, 4) is 17.1 Å². The number of esters is 1. The fourth-order valence-electron chi connectivity index (χ4n) is 9.98. The lowest BCUT2D eigenvalue weighted by atomic mass is 9.81. The normalized spacial score (nSPS) is 20.5. The summed E-state index contributed by atoms with van der Waals surface area (Å²) >= 11 is 0. The van der Waals surface area contributed by atoms with Crippen LogP contribution in [0.2, 0.25) is 0 Å². The molecule has 3 aromatic heterocycles. The Labute approximate surface area is 419 Å². The van der Waals surface area contributed by atoms with E-state index in [1.807, 2.05) is 6.92 Å². The molecular weight excluding hydrogens is 951 g/mol. The van der Waals surface area contributed by atoms with Gasteiger partial charge >= 0.3 is 24.3 Å². The van der Waals surface area contributed by atoms with Crippen LogP contribution < -0.4 is 21.5 Å². The summed E-state index contributed by atoms with van der Waals surface area (Å²) in [5, 5.41) is 27.0. The number of rotatable bonds is 18. The van der Waals surface area contributed by atoms with Crippen LogP contribution in [0.4, 0.5) is 14.4 Å². The van der Waals surface area contributed by atoms with Crippen LogP contribution in [-0.4, -0.2) is 116 Å². The molecule has 0 radical (unpaired) electrons. The predicted molar refractivity (Wildman–Crippen MR) is 256 cm³/mol. The van der Waals surface area contributed by atoms with Crippen molar-refractivity contribution >= 4 is 52.9 Å². The van der Waals surface area contributed by atoms with Crippen molar-refractivity contribution < 1.29 is 62.4 Å². The number of alkyl carbamates (subject to hydrolysis) is 2. The fraction of sp³-hybridized carbons (Fsp3) is 0.540. The lowest BCUT2D eigenvalue weighted by molar-refractivity contribution is -0.175. The molecule has 23 heteroatoms. The largest absolute Gasteiger partial charge is 0.509 e. The molecule has 3 unspecified atom stereocenters. The van der Waals surface area contributed by atoms with Crippen molar-refractivity contribution in [1.82, 2.24) is 45.4 Å². The van der Waals surface area contributed by atoms with Crippen molar-refractivity contribution in [2.75, 3.05) is 32.9 Å². The van der Waals surface area contributed by atoms with Gasteiger partial charge in [-0.1, -0.05) is 39.8 Å². The maximum atomic E-state index is 14.1. The summed E-state index contributed by atoms with van der Waals surface area (Å²) in [7, 11) is 0. The van der Waals surface area contributed by atoms with Crippen molar-refractivity contribution in [3.63, 3.8) is 0 Å². The number of nitrogens with zero attached hydrogens (tertiary/aromatic N) is 6. The summed E-state index contributed by atoms with van der Waals surface area (Å²) in [5.41, 5.74) is 1.67. The van der Waals surface area contributed by atoms with E-state index in [2.05, 4.69) is 26.3 Å². The monoisotopic (exact) mass is 1010 g/mol. The maximum Gasteiger partial charge on any atom is 0.509 e. The zero-order valence-corrected chi connectivity index (χ0v) is 41.5. The molecule has 1 saturated carbocycles. The van der Waals surface area contributed by atoms with Crippen LogP contribution in [0, 0.1) is 23.7 Å². The summed E-state index contributed by atoms with van der Waals surface area (Å²) in [5.74, 6) is -1.66. The highest BCUT2D eigenvalue weighted by atomic mass is 16.7. The van der Waals surface area contributed by atoms with Crippen molar-refractivity contribution in [2.24, 2.45) is 23.7 Å². The second-order valence-electron chi connectivity index (χ2n) is 19.3. The third kappa shape index (κ3) is 11.2. The average Bonchev–Trinajstić information content (AvgIpc) is 4.05. The van der Waals surface area contributed by atoms with Gasteiger partial charge in [0, 0.05) is 47.9 Å². The number of nitrogens with one attached hydrogen (secondary N) is 3. The number of aromatic hydroxyl groups is 1. The van der Waals surface area contributed by atoms with Gasteiger partial charge in [0.25, 0.3) is 5.56 Å². The Kier molecular flexibility index (Phi) is 15.7. The molecule has 2 fully saturated rings. The van der Waals surface area contributed by atoms with E-state index in [1.54, 1.807) is 61.3 Å². The first-order chi connectivity index (χ1) is 35.0. The predicted octanol–water partition coefficient (Wildman–Crippen LogP) is 4.09. The van der Waals surface area contributed by atoms with Gasteiger partial charge in [-0.05, 0) is 80.2 Å². The highest BCUT2D eigenvalue weighted by Crippen LogP contribution is 2.43. The number of carbonyl (C=O) groups excluding carboxylic acids is 7. The molecule has 6 heterocycles. The minimum absolute atomic E-state index is 0.00407. The van der Waals surface area contributed by atoms with Gasteiger partial charge in [0.2, 0.25) is 23.3 Å². The Hall–Kier alpha value is -7.43. The summed E-state index contributed by atoms with van der Waals surface area (Å²) in [4.78, 5) is 110. The summed E-state index contributed by atoms with van der Waals surface area (Å²) in [6.07, 6.45) is 1.88. The number of benzene rings is 1. The van der Waals surface area contributed by atoms with Gasteiger partial charge in [-0.15, -0.1) is 5.10 Å². The molecule has 0 spiro atoms. The molecule has 4 aliphatic rings. The van der Waals surface area contributed by atoms with E-state index in [0.29, 0.717) is 55.0 Å². The number of hydrogen-bond acceptors (Lipinski definition) is 17. The van der Waals surface area contributed by atoms with Crippen LogP contribution in [0.25, 0.3) is 22.3 Å². The smallest absolute Gasteiger partial charge is 0.508 e. The number of cyclic esters (lactones) is 1. The molecule has 1 saturated heterocycles. The number of ether oxygens (including phenoxy) is 5. The van der Waals surface area contributed by atoms with Crippen LogP contribution >= 0.6 is 0 Å². The zero-order chi connectivity index (χ0) is 52.1. The molecule has 3 aliphatic heterocycles. The van der Waals surface area contributed by atoms with Crippen LogP contribution in [0.5, 0.6) is 5.75 Å². The number of likely N-dealkylation sites (tertiary alicyclic amines) is 1. The number of aryl methyl sites for hydroxylation is 1. The number of carbonyl (C=O) groups is 7. The van der Waals surface area contributed by atoms with Gasteiger partial charge in [-0.3, -0.25) is 24.1 Å². The van der Waals surface area contributed by atoms with E-state index in [0.717, 1.165) is 29.4 Å². The molecule has 4 aromatic rings. The summed E-state index contributed by atoms with van der Waals surface area (Å²) in [6, 6.07) is 5.63. The number of pyridine rings is 2. The minimum atomic E-state index is -2.05. The first-order valence-corrected chi connectivity index (χ1v) is 24.8. The molecule has 23 nitrogen and oxygen atoms in total. The zero-order valence-electron chi connectivity index (χ0n) is 41.5. The molecule has 5 amide bonds. The lowest BCUT2D eigenvalue weighted by Gasteiger charge is -2.35. The molecule has 3 atom stereocenters. The number of aromatic nitrogens is 5. The average molecular weight is 1010 g/mol. The van der Waals surface area contributed by atoms with Crippen LogP contribution in [0.1, 0.15) is 101 Å². The van der Waals surface area contributed by atoms with E-state index < -0.39 is 48.1 Å². The summed E-state index contributed by atoms with van der Waals surface area (Å²) < 4.78 is 30.2. The third-order valence-electron chi connectivity index (χ3n) is 14.2. The topological polar surface area (TPSA) is 291 Å². The quantitative estimate of drug-likeness (QED) is 0.0316. The van der Waals surface area contributed by atoms with E-state index >= 15 is 0 Å². The highest BCUT2D eigenvalue weighted by Gasteiger charge is 2.51. The molecule has 8 rings (SSSR count). The molecular formula is C50H61N9O14. The van der Waals surface area contributed by atoms with Crippen LogP contribution in [0.3, 0.4) is 0 Å². The second kappa shape index (κ2) is 22.1. The summed E-state index contributed by atoms with van der Waals surface area (Å²) in [6.45, 7) is 9.49. The Balaban J connectivity index is 0.747. The van der Waals surface area contributed by atoms with Gasteiger partial charge < -0.3 is 49.3 Å². The van der Waals surface area contributed by atoms with E-state index in [1.165, 1.54) is 11.0 Å². The number of amides is 5. The Morgan fingerprint density at radius 1 is 0.986 bits per heavy atom. The number of fused-ring (bicyclic) bond motifs is 5. The SMILES string of the molecule is CCc1c2c(nc3ccc(O)cc13)-c1cc3c(c(=O)n1C2)COC(=O)C3(CC)OC(=O)OCC(NC(=O)OC(=O)NCCOCCn1cc(CNC(=O)C2CCC(CN3C(=O)CC(C)C3=O)CC2)nn1)C(C)C. The first-order valence-electron chi connectivity index (χ1n) is 24.8. The molecule has 73 heavy (non-hydrogen) atoms. The fourth-order valence-corrected chi connectivity index (χ4v) is 9.98. The maximum absolute atomic E-state index is 14.1. The third-order valence-corrected chi connectivity index (χ3v) is 14.2. The Bertz CT molecular complexity index is 2870. The van der Waals surface area contributed by atoms with Gasteiger partial charge in [0.1, 0.15) is 24.7 Å². The first kappa shape index (κ1) is 51.9. The molecule has 0 bridgehead atoms. The minimum Gasteiger partial charge on any atom is -0.508 e. The second-order valence-corrected chi connectivity index (χ2v) is 19.3.